The van der Waals surface area contributed by atoms with Crippen LogP contribution in [0.5, 0.6) is 0 Å². The molecular formula is C12H21N3O3S. The molecule has 0 saturated carbocycles. The molecule has 1 aliphatic heterocycles. The van der Waals surface area contributed by atoms with Gasteiger partial charge in [0.2, 0.25) is 15.9 Å². The molecule has 0 bridgehead atoms. The molecule has 6 nitrogen and oxygen atoms in total. The molecule has 0 amide bonds. The fourth-order valence-electron chi connectivity index (χ4n) is 2.20. The van der Waals surface area contributed by atoms with Crippen molar-refractivity contribution in [2.24, 2.45) is 5.92 Å². The monoisotopic (exact) mass is 287 g/mol. The van der Waals surface area contributed by atoms with Crippen molar-refractivity contribution >= 4 is 10.0 Å². The highest BCUT2D eigenvalue weighted by Gasteiger charge is 2.21. The van der Waals surface area contributed by atoms with Gasteiger partial charge in [-0.3, -0.25) is 0 Å². The second kappa shape index (κ2) is 6.49. The highest BCUT2D eigenvalue weighted by Crippen LogP contribution is 2.12. The number of rotatable bonds is 6. The zero-order chi connectivity index (χ0) is 13.7. The molecule has 1 aliphatic rings. The van der Waals surface area contributed by atoms with E-state index in [0.29, 0.717) is 5.89 Å². The summed E-state index contributed by atoms with van der Waals surface area (Å²) in [5.74, 6) is 1.55. The Labute approximate surface area is 114 Å². The maximum Gasteiger partial charge on any atom is 0.212 e. The van der Waals surface area contributed by atoms with Gasteiger partial charge in [-0.25, -0.2) is 18.1 Å². The Morgan fingerprint density at radius 1 is 1.58 bits per heavy atom. The van der Waals surface area contributed by atoms with Gasteiger partial charge in [-0.15, -0.1) is 0 Å². The average Bonchev–Trinajstić information content (AvgIpc) is 2.85. The third-order valence-corrected chi connectivity index (χ3v) is 4.74. The fraction of sp³-hybridized carbons (Fsp3) is 0.750. The lowest BCUT2D eigenvalue weighted by Crippen LogP contribution is -2.37. The zero-order valence-corrected chi connectivity index (χ0v) is 12.0. The Morgan fingerprint density at radius 2 is 2.42 bits per heavy atom. The van der Waals surface area contributed by atoms with Crippen molar-refractivity contribution in [3.63, 3.8) is 0 Å². The molecule has 0 aromatic carbocycles. The largest absolute Gasteiger partial charge is 0.444 e. The second-order valence-corrected chi connectivity index (χ2v) is 6.74. The third kappa shape index (κ3) is 4.59. The van der Waals surface area contributed by atoms with Crippen LogP contribution in [0.3, 0.4) is 0 Å². The Morgan fingerprint density at radius 3 is 3.05 bits per heavy atom. The Bertz CT molecular complexity index is 492. The molecule has 0 spiro atoms. The van der Waals surface area contributed by atoms with Crippen LogP contribution in [0.2, 0.25) is 0 Å². The van der Waals surface area contributed by atoms with Gasteiger partial charge in [0.15, 0.2) is 0 Å². The summed E-state index contributed by atoms with van der Waals surface area (Å²) in [6.07, 6.45) is 4.40. The van der Waals surface area contributed by atoms with Crippen LogP contribution in [0.25, 0.3) is 0 Å². The van der Waals surface area contributed by atoms with Gasteiger partial charge >= 0.3 is 0 Å². The Balaban J connectivity index is 1.83. The van der Waals surface area contributed by atoms with Crippen LogP contribution in [-0.2, 0) is 23.0 Å². The van der Waals surface area contributed by atoms with Crippen molar-refractivity contribution in [3.05, 3.63) is 17.8 Å². The van der Waals surface area contributed by atoms with E-state index in [-0.39, 0.29) is 18.2 Å². The van der Waals surface area contributed by atoms with E-state index in [4.69, 9.17) is 4.42 Å². The predicted octanol–water partition coefficient (Wildman–Crippen LogP) is 0.656. The van der Waals surface area contributed by atoms with E-state index < -0.39 is 10.0 Å². The normalized spacial score (nSPS) is 20.6. The molecule has 1 aromatic heterocycles. The lowest BCUT2D eigenvalue weighted by atomic mass is 10.0. The lowest BCUT2D eigenvalue weighted by Gasteiger charge is -2.22. The summed E-state index contributed by atoms with van der Waals surface area (Å²) in [6, 6.07) is 0. The van der Waals surface area contributed by atoms with Gasteiger partial charge < -0.3 is 9.73 Å². The van der Waals surface area contributed by atoms with E-state index in [2.05, 4.69) is 15.0 Å². The molecular weight excluding hydrogens is 266 g/mol. The smallest absolute Gasteiger partial charge is 0.212 e. The van der Waals surface area contributed by atoms with Crippen molar-refractivity contribution in [3.8, 4) is 0 Å². The number of oxazole rings is 1. The number of aryl methyl sites for hydroxylation is 1. The minimum atomic E-state index is -3.27. The Hall–Kier alpha value is -0.920. The summed E-state index contributed by atoms with van der Waals surface area (Å²) < 4.78 is 31.8. The summed E-state index contributed by atoms with van der Waals surface area (Å²) in [7, 11) is -3.27. The molecule has 19 heavy (non-hydrogen) atoms. The maximum absolute atomic E-state index is 11.9. The second-order valence-electron chi connectivity index (χ2n) is 4.89. The first-order valence-electron chi connectivity index (χ1n) is 6.70. The zero-order valence-electron chi connectivity index (χ0n) is 11.2. The van der Waals surface area contributed by atoms with Gasteiger partial charge in [-0.1, -0.05) is 6.92 Å². The summed E-state index contributed by atoms with van der Waals surface area (Å²) in [6.45, 7) is 3.85. The number of piperidine rings is 1. The number of nitrogens with one attached hydrogen (secondary N) is 2. The summed E-state index contributed by atoms with van der Waals surface area (Å²) in [4.78, 5) is 4.03. The van der Waals surface area contributed by atoms with Crippen molar-refractivity contribution in [1.82, 2.24) is 15.0 Å². The first-order valence-corrected chi connectivity index (χ1v) is 8.36. The first-order chi connectivity index (χ1) is 9.09. The maximum atomic E-state index is 11.9. The van der Waals surface area contributed by atoms with Crippen molar-refractivity contribution < 1.29 is 12.8 Å². The summed E-state index contributed by atoms with van der Waals surface area (Å²) in [5, 5.41) is 3.22. The molecule has 108 valence electrons. The molecule has 7 heteroatoms. The van der Waals surface area contributed by atoms with Crippen LogP contribution >= 0.6 is 0 Å². The number of nitrogens with zero attached hydrogens (tertiary/aromatic N) is 1. The van der Waals surface area contributed by atoms with Crippen LogP contribution in [0.4, 0.5) is 0 Å². The van der Waals surface area contributed by atoms with Crippen LogP contribution < -0.4 is 10.0 Å². The van der Waals surface area contributed by atoms with Gasteiger partial charge in [-0.05, 0) is 31.8 Å². The van der Waals surface area contributed by atoms with E-state index >= 15 is 0 Å². The molecule has 1 fully saturated rings. The summed E-state index contributed by atoms with van der Waals surface area (Å²) >= 11 is 0. The molecule has 1 atom stereocenters. The SMILES string of the molecule is CCc1cnc(CNS(=O)(=O)CC2CCCNC2)o1. The molecule has 1 saturated heterocycles. The highest BCUT2D eigenvalue weighted by atomic mass is 32.2. The minimum Gasteiger partial charge on any atom is -0.444 e. The Kier molecular flexibility index (Phi) is 4.95. The third-order valence-electron chi connectivity index (χ3n) is 3.25. The van der Waals surface area contributed by atoms with Gasteiger partial charge in [0, 0.05) is 6.42 Å². The molecule has 1 unspecified atom stereocenters. The highest BCUT2D eigenvalue weighted by molar-refractivity contribution is 7.89. The quantitative estimate of drug-likeness (QED) is 0.803. The number of hydrogen-bond donors (Lipinski definition) is 2. The molecule has 2 N–H and O–H groups in total. The molecule has 0 aliphatic carbocycles. The molecule has 1 aromatic rings. The standard InChI is InChI=1S/C12H21N3O3S/c1-2-11-7-14-12(18-11)8-15-19(16,17)9-10-4-3-5-13-6-10/h7,10,13,15H,2-6,8-9H2,1H3. The van der Waals surface area contributed by atoms with Gasteiger partial charge in [0.05, 0.1) is 18.5 Å². The summed E-state index contributed by atoms with van der Waals surface area (Å²) in [5.41, 5.74) is 0. The lowest BCUT2D eigenvalue weighted by molar-refractivity contribution is 0.401. The van der Waals surface area contributed by atoms with Crippen LogP contribution in [0.1, 0.15) is 31.4 Å². The number of sulfonamides is 1. The van der Waals surface area contributed by atoms with E-state index in [1.54, 1.807) is 6.20 Å². The van der Waals surface area contributed by atoms with Crippen LogP contribution in [-0.4, -0.2) is 32.2 Å². The van der Waals surface area contributed by atoms with Gasteiger partial charge in [0.25, 0.3) is 0 Å². The topological polar surface area (TPSA) is 84.2 Å². The van der Waals surface area contributed by atoms with Crippen LogP contribution in [0.15, 0.2) is 10.6 Å². The van der Waals surface area contributed by atoms with Crippen molar-refractivity contribution in [1.29, 1.82) is 0 Å². The number of aromatic nitrogens is 1. The van der Waals surface area contributed by atoms with E-state index in [1.807, 2.05) is 6.92 Å². The average molecular weight is 287 g/mol. The minimum absolute atomic E-state index is 0.127. The first kappa shape index (κ1) is 14.5. The predicted molar refractivity (Wildman–Crippen MR) is 72.1 cm³/mol. The molecule has 0 radical (unpaired) electrons. The van der Waals surface area contributed by atoms with E-state index in [1.165, 1.54) is 0 Å². The molecule has 2 heterocycles. The van der Waals surface area contributed by atoms with Crippen LogP contribution in [0, 0.1) is 5.92 Å². The van der Waals surface area contributed by atoms with Gasteiger partial charge in [0.1, 0.15) is 5.76 Å². The fourth-order valence-corrected chi connectivity index (χ4v) is 3.57. The molecule has 2 rings (SSSR count). The van der Waals surface area contributed by atoms with E-state index in [9.17, 15) is 8.42 Å². The number of hydrogen-bond acceptors (Lipinski definition) is 5. The van der Waals surface area contributed by atoms with E-state index in [0.717, 1.165) is 38.1 Å². The van der Waals surface area contributed by atoms with Crippen molar-refractivity contribution in [2.75, 3.05) is 18.8 Å². The van der Waals surface area contributed by atoms with Crippen molar-refractivity contribution in [2.45, 2.75) is 32.7 Å². The van der Waals surface area contributed by atoms with Gasteiger partial charge in [-0.2, -0.15) is 0 Å².